The zero-order valence-electron chi connectivity index (χ0n) is 16.6. The molecule has 0 aliphatic carbocycles. The number of rotatable bonds is 5. The molecular weight excluding hydrogens is 344 g/mol. The molecule has 0 amide bonds. The minimum absolute atomic E-state index is 0.183. The lowest BCUT2D eigenvalue weighted by atomic mass is 10.2. The Morgan fingerprint density at radius 1 is 0.926 bits per heavy atom. The molecule has 3 aromatic rings. The standard InChI is InChI=1S/C18H16O5.2C2H6/c1-21-13-4-2-12(3-5-13)11-22-14-6-7-16-17(20)8-15(10-19)23-18(16)9-14;2*1-2/h2-9,19H,10-11H2,1H3;2*1-2H3. The summed E-state index contributed by atoms with van der Waals surface area (Å²) in [6.45, 7) is 8.07. The third-order valence-corrected chi connectivity index (χ3v) is 3.47. The molecule has 0 fully saturated rings. The molecule has 0 bridgehead atoms. The van der Waals surface area contributed by atoms with Gasteiger partial charge in [0, 0.05) is 12.1 Å². The van der Waals surface area contributed by atoms with Gasteiger partial charge in [0.25, 0.3) is 0 Å². The van der Waals surface area contributed by atoms with Crippen LogP contribution in [0.25, 0.3) is 11.0 Å². The van der Waals surface area contributed by atoms with E-state index in [0.29, 0.717) is 23.3 Å². The van der Waals surface area contributed by atoms with Gasteiger partial charge >= 0.3 is 0 Å². The van der Waals surface area contributed by atoms with Crippen molar-refractivity contribution in [1.29, 1.82) is 0 Å². The second kappa shape index (κ2) is 11.8. The van der Waals surface area contributed by atoms with Crippen LogP contribution in [-0.4, -0.2) is 12.2 Å². The lowest BCUT2D eigenvalue weighted by Gasteiger charge is -2.08. The lowest BCUT2D eigenvalue weighted by molar-refractivity contribution is 0.248. The first-order valence-corrected chi connectivity index (χ1v) is 9.13. The maximum absolute atomic E-state index is 11.9. The molecule has 146 valence electrons. The molecule has 5 heteroatoms. The second-order valence-electron chi connectivity index (χ2n) is 5.03. The first kappa shape index (κ1) is 22.3. The Kier molecular flexibility index (Phi) is 9.69. The summed E-state index contributed by atoms with van der Waals surface area (Å²) in [4.78, 5) is 11.9. The van der Waals surface area contributed by atoms with Crippen molar-refractivity contribution in [2.45, 2.75) is 40.9 Å². The third-order valence-electron chi connectivity index (χ3n) is 3.47. The van der Waals surface area contributed by atoms with Crippen molar-refractivity contribution in [2.24, 2.45) is 0 Å². The van der Waals surface area contributed by atoms with E-state index in [1.54, 1.807) is 25.3 Å². The van der Waals surface area contributed by atoms with Crippen LogP contribution in [0.5, 0.6) is 11.5 Å². The fourth-order valence-electron chi connectivity index (χ4n) is 2.24. The Morgan fingerprint density at radius 3 is 2.15 bits per heavy atom. The molecule has 3 rings (SSSR count). The highest BCUT2D eigenvalue weighted by Crippen LogP contribution is 2.21. The monoisotopic (exact) mass is 372 g/mol. The molecule has 0 saturated heterocycles. The smallest absolute Gasteiger partial charge is 0.193 e. The maximum atomic E-state index is 11.9. The number of methoxy groups -OCH3 is 1. The third kappa shape index (κ3) is 6.15. The van der Waals surface area contributed by atoms with Gasteiger partial charge in [-0.3, -0.25) is 4.79 Å². The largest absolute Gasteiger partial charge is 0.497 e. The van der Waals surface area contributed by atoms with Gasteiger partial charge in [-0.25, -0.2) is 0 Å². The van der Waals surface area contributed by atoms with Gasteiger partial charge in [0.15, 0.2) is 5.43 Å². The predicted octanol–water partition coefficient (Wildman–Crippen LogP) is 4.93. The zero-order chi connectivity index (χ0) is 20.2. The van der Waals surface area contributed by atoms with E-state index in [4.69, 9.17) is 19.0 Å². The quantitative estimate of drug-likeness (QED) is 0.688. The van der Waals surface area contributed by atoms with Crippen LogP contribution in [-0.2, 0) is 13.2 Å². The summed E-state index contributed by atoms with van der Waals surface area (Å²) >= 11 is 0. The Hall–Kier alpha value is -2.79. The average molecular weight is 372 g/mol. The van der Waals surface area contributed by atoms with Crippen LogP contribution in [0.15, 0.2) is 57.7 Å². The number of ether oxygens (including phenoxy) is 2. The van der Waals surface area contributed by atoms with E-state index < -0.39 is 0 Å². The number of fused-ring (bicyclic) bond motifs is 1. The topological polar surface area (TPSA) is 68.9 Å². The lowest BCUT2D eigenvalue weighted by Crippen LogP contribution is -2.02. The van der Waals surface area contributed by atoms with Crippen LogP contribution in [0.1, 0.15) is 39.0 Å². The van der Waals surface area contributed by atoms with E-state index in [2.05, 4.69) is 0 Å². The van der Waals surface area contributed by atoms with Gasteiger partial charge in [-0.05, 0) is 29.8 Å². The molecule has 27 heavy (non-hydrogen) atoms. The molecule has 0 aliphatic heterocycles. The summed E-state index contributed by atoms with van der Waals surface area (Å²) in [5.41, 5.74) is 1.21. The Balaban J connectivity index is 0.000000855. The fraction of sp³-hybridized carbons (Fsp3) is 0.318. The van der Waals surface area contributed by atoms with Gasteiger partial charge < -0.3 is 19.0 Å². The Labute approximate surface area is 160 Å². The maximum Gasteiger partial charge on any atom is 0.193 e. The summed E-state index contributed by atoms with van der Waals surface area (Å²) in [6, 6.07) is 13.9. The number of aliphatic hydroxyl groups excluding tert-OH is 1. The van der Waals surface area contributed by atoms with Crippen molar-refractivity contribution in [3.63, 3.8) is 0 Å². The second-order valence-corrected chi connectivity index (χ2v) is 5.03. The summed E-state index contributed by atoms with van der Waals surface area (Å²) < 4.78 is 16.3. The molecule has 0 aliphatic rings. The van der Waals surface area contributed by atoms with Crippen LogP contribution >= 0.6 is 0 Å². The van der Waals surface area contributed by atoms with Gasteiger partial charge in [-0.15, -0.1) is 0 Å². The molecule has 0 spiro atoms. The first-order valence-electron chi connectivity index (χ1n) is 9.13. The summed E-state index contributed by atoms with van der Waals surface area (Å²) in [5.74, 6) is 1.61. The van der Waals surface area contributed by atoms with Crippen molar-refractivity contribution in [1.82, 2.24) is 0 Å². The number of benzene rings is 2. The van der Waals surface area contributed by atoms with Crippen molar-refractivity contribution in [2.75, 3.05) is 7.11 Å². The normalized spacial score (nSPS) is 9.56. The van der Waals surface area contributed by atoms with E-state index in [0.717, 1.165) is 11.3 Å². The first-order chi connectivity index (χ1) is 13.2. The van der Waals surface area contributed by atoms with Gasteiger partial charge in [0.1, 0.15) is 36.1 Å². The van der Waals surface area contributed by atoms with Gasteiger partial charge in [0.2, 0.25) is 0 Å². The Bertz CT molecular complexity index is 866. The predicted molar refractivity (Wildman–Crippen MR) is 108 cm³/mol. The van der Waals surface area contributed by atoms with E-state index in [1.807, 2.05) is 52.0 Å². The van der Waals surface area contributed by atoms with E-state index in [-0.39, 0.29) is 17.8 Å². The zero-order valence-corrected chi connectivity index (χ0v) is 16.6. The average Bonchev–Trinajstić information content (AvgIpc) is 2.75. The fourth-order valence-corrected chi connectivity index (χ4v) is 2.24. The molecular formula is C22H28O5. The highest BCUT2D eigenvalue weighted by atomic mass is 16.5. The van der Waals surface area contributed by atoms with Crippen LogP contribution in [0, 0.1) is 0 Å². The highest BCUT2D eigenvalue weighted by Gasteiger charge is 2.06. The minimum atomic E-state index is -0.317. The molecule has 1 N–H and O–H groups in total. The highest BCUT2D eigenvalue weighted by molar-refractivity contribution is 5.77. The van der Waals surface area contributed by atoms with Crippen LogP contribution in [0.4, 0.5) is 0 Å². The van der Waals surface area contributed by atoms with Crippen molar-refractivity contribution in [3.05, 3.63) is 70.1 Å². The molecule has 0 unspecified atom stereocenters. The SMILES string of the molecule is CC.CC.COc1ccc(COc2ccc3c(=O)cc(CO)oc3c2)cc1. The molecule has 2 aromatic carbocycles. The van der Waals surface area contributed by atoms with Crippen LogP contribution < -0.4 is 14.9 Å². The molecule has 1 heterocycles. The van der Waals surface area contributed by atoms with Crippen LogP contribution in [0.3, 0.4) is 0 Å². The molecule has 0 saturated carbocycles. The van der Waals surface area contributed by atoms with Crippen LogP contribution in [0.2, 0.25) is 0 Å². The molecule has 5 nitrogen and oxygen atoms in total. The van der Waals surface area contributed by atoms with E-state index in [9.17, 15) is 4.79 Å². The molecule has 0 radical (unpaired) electrons. The number of hydrogen-bond acceptors (Lipinski definition) is 5. The number of hydrogen-bond donors (Lipinski definition) is 1. The minimum Gasteiger partial charge on any atom is -0.497 e. The van der Waals surface area contributed by atoms with Gasteiger partial charge in [-0.2, -0.15) is 0 Å². The van der Waals surface area contributed by atoms with E-state index >= 15 is 0 Å². The Morgan fingerprint density at radius 2 is 1.56 bits per heavy atom. The summed E-state index contributed by atoms with van der Waals surface area (Å²) in [6.07, 6.45) is 0. The number of aliphatic hydroxyl groups is 1. The van der Waals surface area contributed by atoms with E-state index in [1.165, 1.54) is 6.07 Å². The van der Waals surface area contributed by atoms with Crippen molar-refractivity contribution >= 4 is 11.0 Å². The van der Waals surface area contributed by atoms with Gasteiger partial charge in [0.05, 0.1) is 12.5 Å². The summed E-state index contributed by atoms with van der Waals surface area (Å²) in [5, 5.41) is 9.57. The van der Waals surface area contributed by atoms with Gasteiger partial charge in [-0.1, -0.05) is 39.8 Å². The molecule has 1 aromatic heterocycles. The molecule has 0 atom stereocenters. The summed E-state index contributed by atoms with van der Waals surface area (Å²) in [7, 11) is 1.62. The van der Waals surface area contributed by atoms with Crippen molar-refractivity contribution < 1.29 is 19.0 Å². The van der Waals surface area contributed by atoms with Crippen molar-refractivity contribution in [3.8, 4) is 11.5 Å².